The normalized spacial score (nSPS) is 11.0. The zero-order chi connectivity index (χ0) is 16.8. The van der Waals surface area contributed by atoms with Gasteiger partial charge >= 0.3 is 0 Å². The number of rotatable bonds is 6. The van der Waals surface area contributed by atoms with Crippen LogP contribution in [0.2, 0.25) is 0 Å². The summed E-state index contributed by atoms with van der Waals surface area (Å²) in [6.07, 6.45) is 3.14. The van der Waals surface area contributed by atoms with Gasteiger partial charge in [-0.25, -0.2) is 0 Å². The molecule has 2 aromatic rings. The van der Waals surface area contributed by atoms with Crippen LogP contribution in [0.25, 0.3) is 6.08 Å². The number of halogens is 1. The zero-order valence-electron chi connectivity index (χ0n) is 13.5. The lowest BCUT2D eigenvalue weighted by Crippen LogP contribution is -2.29. The maximum atomic E-state index is 12.0. The summed E-state index contributed by atoms with van der Waals surface area (Å²) in [5.74, 6) is 1.37. The van der Waals surface area contributed by atoms with Crippen LogP contribution in [0.3, 0.4) is 0 Å². The van der Waals surface area contributed by atoms with E-state index in [0.29, 0.717) is 23.6 Å². The third-order valence-corrected chi connectivity index (χ3v) is 3.68. The number of amides is 1. The van der Waals surface area contributed by atoms with E-state index in [1.807, 2.05) is 26.0 Å². The molecular formula is C18H20BrNO3. The van der Waals surface area contributed by atoms with Gasteiger partial charge in [0.2, 0.25) is 5.91 Å². The molecule has 1 heterocycles. The fourth-order valence-corrected chi connectivity index (χ4v) is 2.44. The SMILES string of the molecule is Cc1cc(C)cc(OCCN(C)C(=O)/C=C/c2ccc(Br)o2)c1. The van der Waals surface area contributed by atoms with Crippen LogP contribution < -0.4 is 4.74 Å². The Morgan fingerprint density at radius 2 is 1.96 bits per heavy atom. The Balaban J connectivity index is 1.80. The number of ether oxygens (including phenoxy) is 1. The van der Waals surface area contributed by atoms with Crippen LogP contribution in [-0.4, -0.2) is 31.0 Å². The van der Waals surface area contributed by atoms with E-state index in [1.165, 1.54) is 6.08 Å². The minimum atomic E-state index is -0.0958. The van der Waals surface area contributed by atoms with Crippen molar-refractivity contribution in [2.75, 3.05) is 20.2 Å². The first-order valence-electron chi connectivity index (χ1n) is 7.33. The molecule has 0 aliphatic rings. The lowest BCUT2D eigenvalue weighted by Gasteiger charge is -2.16. The Hall–Kier alpha value is -2.01. The predicted molar refractivity (Wildman–Crippen MR) is 94.5 cm³/mol. The van der Waals surface area contributed by atoms with Crippen molar-refractivity contribution in [3.8, 4) is 5.75 Å². The lowest BCUT2D eigenvalue weighted by molar-refractivity contribution is -0.125. The predicted octanol–water partition coefficient (Wildman–Crippen LogP) is 4.21. The fourth-order valence-electron chi connectivity index (χ4n) is 2.13. The summed E-state index contributed by atoms with van der Waals surface area (Å²) in [7, 11) is 1.75. The molecule has 1 amide bonds. The molecule has 0 atom stereocenters. The van der Waals surface area contributed by atoms with Gasteiger partial charge in [0.15, 0.2) is 4.67 Å². The van der Waals surface area contributed by atoms with E-state index in [0.717, 1.165) is 16.9 Å². The van der Waals surface area contributed by atoms with E-state index >= 15 is 0 Å². The second-order valence-electron chi connectivity index (χ2n) is 5.41. The number of nitrogens with zero attached hydrogens (tertiary/aromatic N) is 1. The Morgan fingerprint density at radius 1 is 1.26 bits per heavy atom. The quantitative estimate of drug-likeness (QED) is 0.708. The second kappa shape index (κ2) is 8.02. The summed E-state index contributed by atoms with van der Waals surface area (Å²) >= 11 is 3.22. The van der Waals surface area contributed by atoms with Gasteiger partial charge in [0.1, 0.15) is 18.1 Å². The molecule has 0 saturated carbocycles. The molecule has 0 N–H and O–H groups in total. The van der Waals surface area contributed by atoms with E-state index in [-0.39, 0.29) is 5.91 Å². The van der Waals surface area contributed by atoms with Crippen LogP contribution in [0.4, 0.5) is 0 Å². The number of benzene rings is 1. The summed E-state index contributed by atoms with van der Waals surface area (Å²) < 4.78 is 11.7. The maximum Gasteiger partial charge on any atom is 0.246 e. The molecule has 1 aromatic carbocycles. The summed E-state index contributed by atoms with van der Waals surface area (Å²) in [6.45, 7) is 5.03. The molecule has 4 nitrogen and oxygen atoms in total. The van der Waals surface area contributed by atoms with Gasteiger partial charge < -0.3 is 14.1 Å². The molecule has 0 bridgehead atoms. The number of carbonyl (C=O) groups is 1. The van der Waals surface area contributed by atoms with Crippen molar-refractivity contribution in [1.29, 1.82) is 0 Å². The summed E-state index contributed by atoms with van der Waals surface area (Å²) in [5.41, 5.74) is 2.33. The number of aryl methyl sites for hydroxylation is 2. The number of carbonyl (C=O) groups excluding carboxylic acids is 1. The van der Waals surface area contributed by atoms with Gasteiger partial charge in [0.25, 0.3) is 0 Å². The lowest BCUT2D eigenvalue weighted by atomic mass is 10.1. The van der Waals surface area contributed by atoms with Crippen LogP contribution in [0, 0.1) is 13.8 Å². The Labute approximate surface area is 144 Å². The minimum Gasteiger partial charge on any atom is -0.492 e. The fraction of sp³-hybridized carbons (Fsp3) is 0.278. The van der Waals surface area contributed by atoms with Crippen molar-refractivity contribution in [1.82, 2.24) is 4.90 Å². The summed E-state index contributed by atoms with van der Waals surface area (Å²) in [6, 6.07) is 9.65. The van der Waals surface area contributed by atoms with Crippen LogP contribution >= 0.6 is 15.9 Å². The average Bonchev–Trinajstić information content (AvgIpc) is 2.89. The molecule has 0 saturated heterocycles. The highest BCUT2D eigenvalue weighted by Crippen LogP contribution is 2.16. The number of likely N-dealkylation sites (N-methyl/N-ethyl adjacent to an activating group) is 1. The van der Waals surface area contributed by atoms with Gasteiger partial charge in [-0.05, 0) is 71.2 Å². The van der Waals surface area contributed by atoms with Crippen LogP contribution in [0.15, 0.2) is 45.5 Å². The monoisotopic (exact) mass is 377 g/mol. The molecule has 5 heteroatoms. The van der Waals surface area contributed by atoms with Crippen LogP contribution in [0.1, 0.15) is 16.9 Å². The van der Waals surface area contributed by atoms with Crippen LogP contribution in [0.5, 0.6) is 5.75 Å². The van der Waals surface area contributed by atoms with Crippen molar-refractivity contribution in [3.63, 3.8) is 0 Å². The van der Waals surface area contributed by atoms with Crippen molar-refractivity contribution < 1.29 is 13.9 Å². The highest BCUT2D eigenvalue weighted by molar-refractivity contribution is 9.10. The first-order valence-corrected chi connectivity index (χ1v) is 8.13. The average molecular weight is 378 g/mol. The molecule has 0 radical (unpaired) electrons. The molecule has 0 aliphatic heterocycles. The van der Waals surface area contributed by atoms with Gasteiger partial charge in [-0.2, -0.15) is 0 Å². The highest BCUT2D eigenvalue weighted by Gasteiger charge is 2.06. The molecule has 0 unspecified atom stereocenters. The second-order valence-corrected chi connectivity index (χ2v) is 6.19. The first kappa shape index (κ1) is 17.3. The molecule has 23 heavy (non-hydrogen) atoms. The van der Waals surface area contributed by atoms with Crippen molar-refractivity contribution in [2.24, 2.45) is 0 Å². The third kappa shape index (κ3) is 5.60. The Bertz CT molecular complexity index is 686. The first-order chi connectivity index (χ1) is 10.9. The molecule has 1 aromatic heterocycles. The van der Waals surface area contributed by atoms with Crippen molar-refractivity contribution in [2.45, 2.75) is 13.8 Å². The standard InChI is InChI=1S/C18H20BrNO3/c1-13-10-14(2)12-16(11-13)22-9-8-20(3)18(21)7-5-15-4-6-17(19)23-15/h4-7,10-12H,8-9H2,1-3H3/b7-5+. The molecule has 122 valence electrons. The zero-order valence-corrected chi connectivity index (χ0v) is 15.1. The molecule has 0 spiro atoms. The number of furan rings is 1. The van der Waals surface area contributed by atoms with Crippen molar-refractivity contribution >= 4 is 27.9 Å². The van der Waals surface area contributed by atoms with Gasteiger partial charge in [0.05, 0.1) is 6.54 Å². The third-order valence-electron chi connectivity index (χ3n) is 3.25. The Kier molecular flexibility index (Phi) is 6.04. The maximum absolute atomic E-state index is 12.0. The molecule has 0 fully saturated rings. The summed E-state index contributed by atoms with van der Waals surface area (Å²) in [4.78, 5) is 13.6. The van der Waals surface area contributed by atoms with E-state index in [4.69, 9.17) is 9.15 Å². The van der Waals surface area contributed by atoms with Crippen molar-refractivity contribution in [3.05, 3.63) is 58.0 Å². The smallest absolute Gasteiger partial charge is 0.246 e. The van der Waals surface area contributed by atoms with Gasteiger partial charge in [-0.15, -0.1) is 0 Å². The van der Waals surface area contributed by atoms with E-state index in [1.54, 1.807) is 30.2 Å². The molecule has 0 aliphatic carbocycles. The topological polar surface area (TPSA) is 42.7 Å². The largest absolute Gasteiger partial charge is 0.492 e. The summed E-state index contributed by atoms with van der Waals surface area (Å²) in [5, 5.41) is 0. The van der Waals surface area contributed by atoms with Gasteiger partial charge in [0, 0.05) is 13.1 Å². The number of hydrogen-bond acceptors (Lipinski definition) is 3. The van der Waals surface area contributed by atoms with E-state index < -0.39 is 0 Å². The van der Waals surface area contributed by atoms with E-state index in [2.05, 4.69) is 22.0 Å². The molecule has 2 rings (SSSR count). The minimum absolute atomic E-state index is 0.0958. The molecular weight excluding hydrogens is 358 g/mol. The van der Waals surface area contributed by atoms with Gasteiger partial charge in [-0.3, -0.25) is 4.79 Å². The Morgan fingerprint density at radius 3 is 2.57 bits per heavy atom. The van der Waals surface area contributed by atoms with Gasteiger partial charge in [-0.1, -0.05) is 6.07 Å². The highest BCUT2D eigenvalue weighted by atomic mass is 79.9. The van der Waals surface area contributed by atoms with Crippen LogP contribution in [-0.2, 0) is 4.79 Å². The van der Waals surface area contributed by atoms with E-state index in [9.17, 15) is 4.79 Å². The number of hydrogen-bond donors (Lipinski definition) is 0.